The summed E-state index contributed by atoms with van der Waals surface area (Å²) >= 11 is 0. The van der Waals surface area contributed by atoms with Crippen LogP contribution in [0.15, 0.2) is 192 Å². The fourth-order valence-electron chi connectivity index (χ4n) is 9.25. The summed E-state index contributed by atoms with van der Waals surface area (Å²) in [6.45, 7) is 0. The van der Waals surface area contributed by atoms with Crippen LogP contribution in [-0.2, 0) is 0 Å². The minimum absolute atomic E-state index is 0.114. The van der Waals surface area contributed by atoms with Gasteiger partial charge in [-0.15, -0.1) is 0 Å². The zero-order valence-corrected chi connectivity index (χ0v) is 30.8. The van der Waals surface area contributed by atoms with Gasteiger partial charge in [0.25, 0.3) is 0 Å². The fourth-order valence-corrected chi connectivity index (χ4v) is 9.25. The van der Waals surface area contributed by atoms with Crippen LogP contribution >= 0.6 is 0 Å². The van der Waals surface area contributed by atoms with Crippen LogP contribution in [0, 0.1) is 0 Å². The smallest absolute Gasteiger partial charge is 0.224 e. The zero-order chi connectivity index (χ0) is 37.5. The number of hydrogen-bond acceptors (Lipinski definition) is 4. The van der Waals surface area contributed by atoms with Gasteiger partial charge in [0.2, 0.25) is 5.89 Å². The Morgan fingerprint density at radius 3 is 1.84 bits per heavy atom. The second-order valence-electron chi connectivity index (χ2n) is 15.0. The largest absolute Gasteiger partial charge is 0.485 e. The van der Waals surface area contributed by atoms with Gasteiger partial charge >= 0.3 is 0 Å². The molecular formula is C53H34N2O2. The number of nitrogens with zero attached hydrogens (tertiary/aromatic N) is 2. The fraction of sp³-hybridized carbons (Fsp3) is 0.0377. The summed E-state index contributed by atoms with van der Waals surface area (Å²) in [4.78, 5) is 7.43. The molecule has 0 saturated carbocycles. The standard InChI is InChI=1S/C53H34N2O2/c1-2-12-33(13-3-1)34-22-24-36(25-23-34)55(37-26-28-44-42-18-7-6-16-40(42)41-17-8-9-19-43(41)45(44)31-37)38-27-29-48-46(32-38)51-50(56-48)30-35-14-4-5-15-39(35)52(51)53-54-47-20-10-11-21-49(47)57-53/h1-32,50-51H. The molecule has 0 fully saturated rings. The van der Waals surface area contributed by atoms with Gasteiger partial charge in [-0.2, -0.15) is 0 Å². The number of para-hydroxylation sites is 2. The molecule has 0 N–H and O–H groups in total. The molecule has 1 aliphatic heterocycles. The Hall–Kier alpha value is -7.43. The average Bonchev–Trinajstić information content (AvgIpc) is 3.87. The van der Waals surface area contributed by atoms with E-state index >= 15 is 0 Å². The van der Waals surface area contributed by atoms with Gasteiger partial charge in [0, 0.05) is 28.2 Å². The Labute approximate surface area is 328 Å². The quantitative estimate of drug-likeness (QED) is 0.165. The van der Waals surface area contributed by atoms with Gasteiger partial charge in [-0.25, -0.2) is 4.98 Å². The van der Waals surface area contributed by atoms with Crippen molar-refractivity contribution in [3.63, 3.8) is 0 Å². The van der Waals surface area contributed by atoms with Crippen molar-refractivity contribution in [2.24, 2.45) is 0 Å². The normalized spacial score (nSPS) is 15.6. The molecule has 0 saturated heterocycles. The molecule has 2 atom stereocenters. The van der Waals surface area contributed by atoms with E-state index in [4.69, 9.17) is 14.1 Å². The molecule has 2 unspecified atom stereocenters. The number of oxazole rings is 1. The van der Waals surface area contributed by atoms with Crippen LogP contribution in [0.2, 0.25) is 0 Å². The van der Waals surface area contributed by atoms with E-state index in [-0.39, 0.29) is 12.0 Å². The van der Waals surface area contributed by atoms with E-state index < -0.39 is 0 Å². The van der Waals surface area contributed by atoms with Crippen molar-refractivity contribution in [3.8, 4) is 16.9 Å². The number of benzene rings is 9. The van der Waals surface area contributed by atoms with Crippen molar-refractivity contribution in [1.29, 1.82) is 0 Å². The molecule has 1 aromatic heterocycles. The highest BCUT2D eigenvalue weighted by atomic mass is 16.5. The topological polar surface area (TPSA) is 38.5 Å². The average molecular weight is 731 g/mol. The lowest BCUT2D eigenvalue weighted by atomic mass is 9.82. The first kappa shape index (κ1) is 31.9. The number of ether oxygens (including phenoxy) is 1. The molecule has 0 amide bonds. The van der Waals surface area contributed by atoms with E-state index in [0.29, 0.717) is 5.89 Å². The minimum atomic E-state index is -0.200. The van der Waals surface area contributed by atoms with E-state index in [1.807, 2.05) is 24.3 Å². The van der Waals surface area contributed by atoms with Gasteiger partial charge in [-0.1, -0.05) is 133 Å². The zero-order valence-electron chi connectivity index (χ0n) is 30.8. The second-order valence-corrected chi connectivity index (χ2v) is 15.0. The van der Waals surface area contributed by atoms with Gasteiger partial charge in [0.05, 0.1) is 5.92 Å². The summed E-state index contributed by atoms with van der Waals surface area (Å²) in [5.74, 6) is 1.40. The maximum absolute atomic E-state index is 6.79. The van der Waals surface area contributed by atoms with Gasteiger partial charge in [0.15, 0.2) is 5.58 Å². The Bertz CT molecular complexity index is 3280. The highest BCUT2D eigenvalue weighted by molar-refractivity contribution is 6.25. The second kappa shape index (κ2) is 12.6. The number of anilines is 3. The van der Waals surface area contributed by atoms with Crippen LogP contribution < -0.4 is 20.1 Å². The number of fused-ring (bicyclic) bond motifs is 11. The van der Waals surface area contributed by atoms with Gasteiger partial charge < -0.3 is 14.1 Å². The van der Waals surface area contributed by atoms with Crippen LogP contribution in [0.1, 0.15) is 17.4 Å². The molecule has 2 heterocycles. The Morgan fingerprint density at radius 2 is 1.07 bits per heavy atom. The van der Waals surface area contributed by atoms with E-state index in [2.05, 4.69) is 175 Å². The first-order chi connectivity index (χ1) is 28.2. The Kier molecular flexibility index (Phi) is 7.02. The minimum Gasteiger partial charge on any atom is -0.485 e. The maximum Gasteiger partial charge on any atom is 0.224 e. The molecule has 10 aromatic rings. The number of rotatable bonds is 5. The van der Waals surface area contributed by atoms with Crippen LogP contribution in [-0.4, -0.2) is 11.1 Å². The summed E-state index contributed by atoms with van der Waals surface area (Å²) in [7, 11) is 0. The molecule has 0 spiro atoms. The molecule has 4 nitrogen and oxygen atoms in total. The third-order valence-corrected chi connectivity index (χ3v) is 11.8. The number of aromatic nitrogens is 1. The van der Waals surface area contributed by atoms with Crippen molar-refractivity contribution in [2.75, 3.05) is 4.90 Å². The van der Waals surface area contributed by atoms with Crippen molar-refractivity contribution >= 4 is 72.1 Å². The lowest BCUT2D eigenvalue weighted by Gasteiger charge is -2.27. The predicted octanol–water partition coefficient (Wildman–Crippen LogP) is 12.0. The Balaban J connectivity index is 1.07. The highest BCUT2D eigenvalue weighted by Gasteiger charge is 2.40. The van der Waals surface area contributed by atoms with Crippen molar-refractivity contribution < 1.29 is 9.15 Å². The van der Waals surface area contributed by atoms with E-state index in [1.165, 1.54) is 43.4 Å². The molecule has 268 valence electrons. The first-order valence-corrected chi connectivity index (χ1v) is 19.5. The molecule has 57 heavy (non-hydrogen) atoms. The third-order valence-electron chi connectivity index (χ3n) is 11.8. The predicted molar refractivity (Wildman–Crippen MR) is 233 cm³/mol. The molecule has 12 rings (SSSR count). The van der Waals surface area contributed by atoms with Gasteiger partial charge in [-0.3, -0.25) is 0 Å². The van der Waals surface area contributed by atoms with Crippen LogP contribution in [0.3, 0.4) is 0 Å². The van der Waals surface area contributed by atoms with E-state index in [9.17, 15) is 0 Å². The molecule has 0 bridgehead atoms. The third kappa shape index (κ3) is 5.04. The summed E-state index contributed by atoms with van der Waals surface area (Å²) in [5, 5.41) is 9.74. The summed E-state index contributed by atoms with van der Waals surface area (Å²) in [6.07, 6.45) is 2.05. The summed E-state index contributed by atoms with van der Waals surface area (Å²) in [5.41, 5.74) is 9.34. The lowest BCUT2D eigenvalue weighted by Crippen LogP contribution is -2.38. The van der Waals surface area contributed by atoms with Crippen LogP contribution in [0.4, 0.5) is 17.1 Å². The number of hydrogen-bond donors (Lipinski definition) is 0. The monoisotopic (exact) mass is 730 g/mol. The van der Waals surface area contributed by atoms with E-state index in [1.54, 1.807) is 0 Å². The first-order valence-electron chi connectivity index (χ1n) is 19.5. The molecule has 0 radical (unpaired) electrons. The molecule has 2 aliphatic rings. The Morgan fingerprint density at radius 1 is 0.474 bits per heavy atom. The molecule has 1 aliphatic carbocycles. The maximum atomic E-state index is 6.79. The van der Waals surface area contributed by atoms with Gasteiger partial charge in [-0.05, 0) is 115 Å². The van der Waals surface area contributed by atoms with E-state index in [0.717, 1.165) is 55.5 Å². The molecule has 9 aromatic carbocycles. The lowest BCUT2D eigenvalue weighted by molar-refractivity contribution is 0.285. The van der Waals surface area contributed by atoms with Crippen LogP contribution in [0.25, 0.3) is 66.2 Å². The van der Waals surface area contributed by atoms with Crippen LogP contribution in [0.5, 0.6) is 5.75 Å². The molecule has 4 heteroatoms. The van der Waals surface area contributed by atoms with Gasteiger partial charge in [0.1, 0.15) is 17.4 Å². The molecular weight excluding hydrogens is 697 g/mol. The highest BCUT2D eigenvalue weighted by Crippen LogP contribution is 2.49. The summed E-state index contributed by atoms with van der Waals surface area (Å²) in [6, 6.07) is 67.1. The summed E-state index contributed by atoms with van der Waals surface area (Å²) < 4.78 is 13.3. The van der Waals surface area contributed by atoms with Crippen molar-refractivity contribution in [2.45, 2.75) is 12.0 Å². The SMILES string of the molecule is C1=c2ccccc2=C(c2nc3ccccc3o2)C2c3cc(N(c4ccc(-c5ccccc5)cc4)c4ccc5c6ccccc6c6ccccc6c5c4)ccc3OC12. The van der Waals surface area contributed by atoms with Crippen molar-refractivity contribution in [1.82, 2.24) is 4.98 Å². The van der Waals surface area contributed by atoms with Crippen molar-refractivity contribution in [3.05, 3.63) is 210 Å².